The second-order valence-electron chi connectivity index (χ2n) is 4.20. The first-order valence-electron chi connectivity index (χ1n) is 6.35. The lowest BCUT2D eigenvalue weighted by molar-refractivity contribution is 0.576. The largest absolute Gasteiger partial charge is 0.316 e. The van der Waals surface area contributed by atoms with Gasteiger partial charge in [-0.1, -0.05) is 13.3 Å². The lowest BCUT2D eigenvalue weighted by Gasteiger charge is -2.06. The first-order chi connectivity index (χ1) is 8.76. The van der Waals surface area contributed by atoms with Crippen LogP contribution in [0.4, 0.5) is 0 Å². The second kappa shape index (κ2) is 5.62. The smallest absolute Gasteiger partial charge is 0.251 e. The quantitative estimate of drug-likeness (QED) is 0.810. The number of nitrogens with zero attached hydrogens (tertiary/aromatic N) is 4. The predicted molar refractivity (Wildman–Crippen MR) is 70.3 cm³/mol. The van der Waals surface area contributed by atoms with E-state index in [9.17, 15) is 4.79 Å². The molecule has 2 aromatic rings. The van der Waals surface area contributed by atoms with Crippen molar-refractivity contribution in [1.82, 2.24) is 19.3 Å². The van der Waals surface area contributed by atoms with Gasteiger partial charge in [-0.15, -0.1) is 0 Å². The Hall–Kier alpha value is -1.91. The summed E-state index contributed by atoms with van der Waals surface area (Å²) in [4.78, 5) is 16.0. The molecule has 5 heteroatoms. The lowest BCUT2D eigenvalue weighted by atomic mass is 10.2. The molecule has 0 fully saturated rings. The molecule has 2 aromatic heterocycles. The third-order valence-electron chi connectivity index (χ3n) is 2.93. The van der Waals surface area contributed by atoms with Crippen LogP contribution in [0.3, 0.4) is 0 Å². The molecule has 2 heterocycles. The Morgan fingerprint density at radius 1 is 1.33 bits per heavy atom. The summed E-state index contributed by atoms with van der Waals surface area (Å²) in [5, 5.41) is 4.20. The van der Waals surface area contributed by atoms with E-state index in [-0.39, 0.29) is 5.56 Å². The summed E-state index contributed by atoms with van der Waals surface area (Å²) < 4.78 is 3.52. The fraction of sp³-hybridized carbons (Fsp3) is 0.462. The molecule has 0 atom stereocenters. The molecular formula is C13H18N4O. The molecule has 0 saturated heterocycles. The van der Waals surface area contributed by atoms with Gasteiger partial charge in [-0.3, -0.25) is 4.79 Å². The molecular weight excluding hydrogens is 228 g/mol. The van der Waals surface area contributed by atoms with Crippen molar-refractivity contribution in [2.75, 3.05) is 0 Å². The standard InChI is InChI=1S/C13H18N4O/c1-3-5-7-17-13(14-10-15-17)11-6-8-16(4-2)12(18)9-11/h6,8-10H,3-5,7H2,1-2H3. The van der Waals surface area contributed by atoms with E-state index in [2.05, 4.69) is 17.0 Å². The Bertz CT molecular complexity index is 570. The maximum absolute atomic E-state index is 11.8. The van der Waals surface area contributed by atoms with Crippen molar-refractivity contribution in [2.24, 2.45) is 0 Å². The van der Waals surface area contributed by atoms with Crippen molar-refractivity contribution >= 4 is 0 Å². The number of hydrogen-bond acceptors (Lipinski definition) is 3. The third kappa shape index (κ3) is 2.50. The molecule has 0 radical (unpaired) electrons. The normalized spacial score (nSPS) is 10.8. The fourth-order valence-electron chi connectivity index (χ4n) is 1.87. The highest BCUT2D eigenvalue weighted by molar-refractivity contribution is 5.53. The summed E-state index contributed by atoms with van der Waals surface area (Å²) in [5.41, 5.74) is 0.832. The lowest BCUT2D eigenvalue weighted by Crippen LogP contribution is -2.17. The highest BCUT2D eigenvalue weighted by atomic mass is 16.1. The molecule has 96 valence electrons. The SMILES string of the molecule is CCCCn1ncnc1-c1ccn(CC)c(=O)c1. The van der Waals surface area contributed by atoms with Crippen LogP contribution in [0.2, 0.25) is 0 Å². The average Bonchev–Trinajstić information content (AvgIpc) is 2.84. The van der Waals surface area contributed by atoms with Gasteiger partial charge in [-0.05, 0) is 19.4 Å². The first-order valence-corrected chi connectivity index (χ1v) is 6.35. The zero-order chi connectivity index (χ0) is 13.0. The van der Waals surface area contributed by atoms with Crippen molar-refractivity contribution in [2.45, 2.75) is 39.8 Å². The van der Waals surface area contributed by atoms with Gasteiger partial charge in [0.2, 0.25) is 0 Å². The molecule has 0 aliphatic rings. The van der Waals surface area contributed by atoms with Crippen molar-refractivity contribution < 1.29 is 0 Å². The molecule has 18 heavy (non-hydrogen) atoms. The van der Waals surface area contributed by atoms with Gasteiger partial charge in [0.15, 0.2) is 5.82 Å². The number of unbranched alkanes of at least 4 members (excludes halogenated alkanes) is 1. The van der Waals surface area contributed by atoms with E-state index in [1.54, 1.807) is 16.8 Å². The molecule has 0 N–H and O–H groups in total. The summed E-state index contributed by atoms with van der Waals surface area (Å²) in [6.45, 7) is 5.61. The first kappa shape index (κ1) is 12.5. The van der Waals surface area contributed by atoms with Crippen molar-refractivity contribution in [3.05, 3.63) is 35.0 Å². The molecule has 0 aliphatic heterocycles. The van der Waals surface area contributed by atoms with Gasteiger partial charge < -0.3 is 4.57 Å². The van der Waals surface area contributed by atoms with E-state index >= 15 is 0 Å². The summed E-state index contributed by atoms with van der Waals surface area (Å²) in [6.07, 6.45) is 5.51. The zero-order valence-corrected chi connectivity index (χ0v) is 10.8. The summed E-state index contributed by atoms with van der Waals surface area (Å²) in [7, 11) is 0. The van der Waals surface area contributed by atoms with Gasteiger partial charge in [-0.2, -0.15) is 5.10 Å². The molecule has 0 unspecified atom stereocenters. The van der Waals surface area contributed by atoms with E-state index in [0.29, 0.717) is 6.54 Å². The molecule has 0 aliphatic carbocycles. The second-order valence-corrected chi connectivity index (χ2v) is 4.20. The van der Waals surface area contributed by atoms with Gasteiger partial charge in [-0.25, -0.2) is 9.67 Å². The van der Waals surface area contributed by atoms with E-state index in [1.807, 2.05) is 17.7 Å². The predicted octanol–water partition coefficient (Wildman–Crippen LogP) is 1.93. The van der Waals surface area contributed by atoms with Gasteiger partial charge in [0.05, 0.1) is 0 Å². The van der Waals surface area contributed by atoms with E-state index in [1.165, 1.54) is 6.33 Å². The van der Waals surface area contributed by atoms with Crippen LogP contribution in [0, 0.1) is 0 Å². The van der Waals surface area contributed by atoms with Gasteiger partial charge in [0, 0.05) is 30.9 Å². The highest BCUT2D eigenvalue weighted by Gasteiger charge is 2.08. The van der Waals surface area contributed by atoms with Crippen LogP contribution in [0.1, 0.15) is 26.7 Å². The summed E-state index contributed by atoms with van der Waals surface area (Å²) >= 11 is 0. The Morgan fingerprint density at radius 3 is 2.83 bits per heavy atom. The maximum Gasteiger partial charge on any atom is 0.251 e. The van der Waals surface area contributed by atoms with Crippen LogP contribution < -0.4 is 5.56 Å². The topological polar surface area (TPSA) is 52.7 Å². The minimum atomic E-state index is 0.0000384. The molecule has 0 saturated carbocycles. The number of rotatable bonds is 5. The van der Waals surface area contributed by atoms with Crippen LogP contribution >= 0.6 is 0 Å². The van der Waals surface area contributed by atoms with E-state index < -0.39 is 0 Å². The molecule has 0 bridgehead atoms. The van der Waals surface area contributed by atoms with Gasteiger partial charge in [0.25, 0.3) is 5.56 Å². The molecule has 0 amide bonds. The van der Waals surface area contributed by atoms with E-state index in [0.717, 1.165) is 30.8 Å². The van der Waals surface area contributed by atoms with Crippen LogP contribution in [0.5, 0.6) is 0 Å². The van der Waals surface area contributed by atoms with Crippen LogP contribution in [0.15, 0.2) is 29.5 Å². The third-order valence-corrected chi connectivity index (χ3v) is 2.93. The van der Waals surface area contributed by atoms with Crippen LogP contribution in [-0.2, 0) is 13.1 Å². The molecule has 5 nitrogen and oxygen atoms in total. The Morgan fingerprint density at radius 2 is 2.17 bits per heavy atom. The van der Waals surface area contributed by atoms with E-state index in [4.69, 9.17) is 0 Å². The Labute approximate surface area is 106 Å². The minimum Gasteiger partial charge on any atom is -0.316 e. The minimum absolute atomic E-state index is 0.0000384. The Kier molecular flexibility index (Phi) is 3.92. The molecule has 0 aromatic carbocycles. The average molecular weight is 246 g/mol. The fourth-order valence-corrected chi connectivity index (χ4v) is 1.87. The monoisotopic (exact) mass is 246 g/mol. The van der Waals surface area contributed by atoms with Crippen molar-refractivity contribution in [3.8, 4) is 11.4 Å². The summed E-state index contributed by atoms with van der Waals surface area (Å²) in [5.74, 6) is 0.767. The van der Waals surface area contributed by atoms with Crippen molar-refractivity contribution in [1.29, 1.82) is 0 Å². The van der Waals surface area contributed by atoms with Crippen molar-refractivity contribution in [3.63, 3.8) is 0 Å². The number of aryl methyl sites for hydroxylation is 2. The molecule has 0 spiro atoms. The molecule has 2 rings (SSSR count). The Balaban J connectivity index is 2.34. The van der Waals surface area contributed by atoms with Gasteiger partial charge >= 0.3 is 0 Å². The number of hydrogen-bond donors (Lipinski definition) is 0. The number of pyridine rings is 1. The van der Waals surface area contributed by atoms with Crippen LogP contribution in [-0.4, -0.2) is 19.3 Å². The van der Waals surface area contributed by atoms with Crippen LogP contribution in [0.25, 0.3) is 11.4 Å². The van der Waals surface area contributed by atoms with Gasteiger partial charge in [0.1, 0.15) is 6.33 Å². The maximum atomic E-state index is 11.8. The summed E-state index contributed by atoms with van der Waals surface area (Å²) in [6, 6.07) is 3.54. The highest BCUT2D eigenvalue weighted by Crippen LogP contribution is 2.14. The number of aromatic nitrogens is 4. The zero-order valence-electron chi connectivity index (χ0n) is 10.8.